The lowest BCUT2D eigenvalue weighted by molar-refractivity contribution is 0.733. The lowest BCUT2D eigenvalue weighted by Gasteiger charge is -2.06. The Morgan fingerprint density at radius 1 is 1.47 bits per heavy atom. The summed E-state index contributed by atoms with van der Waals surface area (Å²) >= 11 is 1.26. The van der Waals surface area contributed by atoms with Crippen LogP contribution in [0.2, 0.25) is 0 Å². The first kappa shape index (κ1) is 11.8. The Bertz CT molecular complexity index is 587. The van der Waals surface area contributed by atoms with Crippen LogP contribution < -0.4 is 16.1 Å². The third-order valence-corrected chi connectivity index (χ3v) is 3.65. The minimum atomic E-state index is 0.0490. The van der Waals surface area contributed by atoms with E-state index in [4.69, 9.17) is 5.84 Å². The highest BCUT2D eigenvalue weighted by Crippen LogP contribution is 2.11. The molecule has 0 saturated heterocycles. The number of hydrogen-bond donors (Lipinski definition) is 2. The molecule has 0 aliphatic rings. The molecule has 90 valence electrons. The largest absolute Gasteiger partial charge is 0.308 e. The molecule has 6 heteroatoms. The van der Waals surface area contributed by atoms with E-state index in [2.05, 4.69) is 10.4 Å². The van der Waals surface area contributed by atoms with E-state index in [9.17, 15) is 4.79 Å². The van der Waals surface area contributed by atoms with Crippen molar-refractivity contribution in [2.45, 2.75) is 20.4 Å². The molecular formula is C11H14N4OS. The van der Waals surface area contributed by atoms with Crippen LogP contribution in [0, 0.1) is 13.8 Å². The average molecular weight is 250 g/mol. The molecule has 2 aromatic rings. The second kappa shape index (κ2) is 4.68. The Kier molecular flexibility index (Phi) is 3.26. The van der Waals surface area contributed by atoms with Crippen molar-refractivity contribution < 1.29 is 0 Å². The van der Waals surface area contributed by atoms with Crippen LogP contribution in [0.25, 0.3) is 0 Å². The van der Waals surface area contributed by atoms with Crippen LogP contribution in [0.1, 0.15) is 16.3 Å². The first-order chi connectivity index (χ1) is 8.11. The Balaban J connectivity index is 2.34. The number of hydrogen-bond acceptors (Lipinski definition) is 5. The van der Waals surface area contributed by atoms with E-state index < -0.39 is 0 Å². The summed E-state index contributed by atoms with van der Waals surface area (Å²) in [6.07, 6.45) is 0. The fraction of sp³-hybridized carbons (Fsp3) is 0.273. The maximum Gasteiger partial charge on any atom is 0.307 e. The maximum atomic E-state index is 11.7. The number of aryl methyl sites for hydroxylation is 1. The van der Waals surface area contributed by atoms with Gasteiger partial charge in [0.05, 0.1) is 12.2 Å². The molecule has 0 bridgehead atoms. The van der Waals surface area contributed by atoms with E-state index in [0.29, 0.717) is 12.4 Å². The van der Waals surface area contributed by atoms with Crippen molar-refractivity contribution in [3.63, 3.8) is 0 Å². The molecule has 0 atom stereocenters. The standard InChI is InChI=1S/C11H14N4OS/c1-7-8(2)17-11(16)15(7)6-9-4-3-5-10(13-9)14-12/h3-5H,6,12H2,1-2H3,(H,13,14). The molecule has 17 heavy (non-hydrogen) atoms. The van der Waals surface area contributed by atoms with E-state index in [1.807, 2.05) is 26.0 Å². The second-order valence-electron chi connectivity index (χ2n) is 3.75. The molecule has 0 amide bonds. The van der Waals surface area contributed by atoms with Crippen molar-refractivity contribution in [1.82, 2.24) is 9.55 Å². The van der Waals surface area contributed by atoms with Crippen LogP contribution in [0.5, 0.6) is 0 Å². The number of pyridine rings is 1. The quantitative estimate of drug-likeness (QED) is 0.635. The lowest BCUT2D eigenvalue weighted by atomic mass is 10.3. The van der Waals surface area contributed by atoms with Gasteiger partial charge in [0.15, 0.2) is 0 Å². The minimum absolute atomic E-state index is 0.0490. The summed E-state index contributed by atoms with van der Waals surface area (Å²) in [4.78, 5) is 17.1. The number of thiazole rings is 1. The molecule has 3 N–H and O–H groups in total. The van der Waals surface area contributed by atoms with E-state index >= 15 is 0 Å². The van der Waals surface area contributed by atoms with Crippen LogP contribution in [0.4, 0.5) is 5.82 Å². The monoisotopic (exact) mass is 250 g/mol. The zero-order chi connectivity index (χ0) is 12.4. The minimum Gasteiger partial charge on any atom is -0.308 e. The molecule has 0 fully saturated rings. The lowest BCUT2D eigenvalue weighted by Crippen LogP contribution is -2.17. The summed E-state index contributed by atoms with van der Waals surface area (Å²) < 4.78 is 1.72. The van der Waals surface area contributed by atoms with Gasteiger partial charge in [-0.25, -0.2) is 10.8 Å². The Morgan fingerprint density at radius 3 is 2.82 bits per heavy atom. The number of nitrogen functional groups attached to an aromatic ring is 1. The van der Waals surface area contributed by atoms with Gasteiger partial charge in [0.25, 0.3) is 0 Å². The van der Waals surface area contributed by atoms with Gasteiger partial charge >= 0.3 is 4.87 Å². The Labute approximate surface area is 103 Å². The van der Waals surface area contributed by atoms with Crippen molar-refractivity contribution in [3.8, 4) is 0 Å². The van der Waals surface area contributed by atoms with Crippen LogP contribution in [0.15, 0.2) is 23.0 Å². The van der Waals surface area contributed by atoms with Gasteiger partial charge in [-0.2, -0.15) is 0 Å². The summed E-state index contributed by atoms with van der Waals surface area (Å²) in [5.41, 5.74) is 4.29. The number of aromatic nitrogens is 2. The molecule has 0 unspecified atom stereocenters. The molecule has 2 rings (SSSR count). The topological polar surface area (TPSA) is 72.9 Å². The van der Waals surface area contributed by atoms with Crippen LogP contribution in [0.3, 0.4) is 0 Å². The Morgan fingerprint density at radius 2 is 2.24 bits per heavy atom. The van der Waals surface area contributed by atoms with Gasteiger partial charge in [-0.1, -0.05) is 17.4 Å². The van der Waals surface area contributed by atoms with Gasteiger partial charge < -0.3 is 5.43 Å². The normalized spacial score (nSPS) is 10.5. The van der Waals surface area contributed by atoms with E-state index in [0.717, 1.165) is 16.3 Å². The molecule has 5 nitrogen and oxygen atoms in total. The molecular weight excluding hydrogens is 236 g/mol. The van der Waals surface area contributed by atoms with Crippen LogP contribution >= 0.6 is 11.3 Å². The fourth-order valence-electron chi connectivity index (χ4n) is 1.58. The second-order valence-corrected chi connectivity index (χ2v) is 4.92. The molecule has 0 spiro atoms. The molecule has 2 aromatic heterocycles. The number of nitrogens with two attached hydrogens (primary N) is 1. The van der Waals surface area contributed by atoms with Crippen molar-refractivity contribution in [3.05, 3.63) is 44.1 Å². The molecule has 0 aromatic carbocycles. The smallest absolute Gasteiger partial charge is 0.307 e. The summed E-state index contributed by atoms with van der Waals surface area (Å²) in [6, 6.07) is 5.51. The molecule has 0 saturated carbocycles. The number of nitrogens with one attached hydrogen (secondary N) is 1. The summed E-state index contributed by atoms with van der Waals surface area (Å²) in [6.45, 7) is 4.37. The van der Waals surface area contributed by atoms with Gasteiger partial charge in [0, 0.05) is 10.6 Å². The van der Waals surface area contributed by atoms with Crippen molar-refractivity contribution in [2.24, 2.45) is 5.84 Å². The summed E-state index contributed by atoms with van der Waals surface area (Å²) in [5.74, 6) is 5.89. The van der Waals surface area contributed by atoms with Crippen LogP contribution in [-0.4, -0.2) is 9.55 Å². The zero-order valence-corrected chi connectivity index (χ0v) is 10.5. The van der Waals surface area contributed by atoms with E-state index in [1.54, 1.807) is 10.6 Å². The van der Waals surface area contributed by atoms with Gasteiger partial charge in [-0.15, -0.1) is 0 Å². The predicted molar refractivity (Wildman–Crippen MR) is 69.2 cm³/mol. The zero-order valence-electron chi connectivity index (χ0n) is 9.73. The van der Waals surface area contributed by atoms with Crippen molar-refractivity contribution in [1.29, 1.82) is 0 Å². The number of anilines is 1. The van der Waals surface area contributed by atoms with Gasteiger partial charge in [-0.3, -0.25) is 9.36 Å². The van der Waals surface area contributed by atoms with Gasteiger partial charge in [-0.05, 0) is 26.0 Å². The first-order valence-corrected chi connectivity index (χ1v) is 6.03. The average Bonchev–Trinajstić information content (AvgIpc) is 2.56. The predicted octanol–water partition coefficient (Wildman–Crippen LogP) is 1.26. The molecule has 0 radical (unpaired) electrons. The molecule has 0 aliphatic carbocycles. The Hall–Kier alpha value is -1.66. The van der Waals surface area contributed by atoms with Gasteiger partial charge in [0.2, 0.25) is 0 Å². The van der Waals surface area contributed by atoms with Crippen molar-refractivity contribution >= 4 is 17.2 Å². The summed E-state index contributed by atoms with van der Waals surface area (Å²) in [5, 5.41) is 0. The van der Waals surface area contributed by atoms with E-state index in [1.165, 1.54) is 11.3 Å². The highest BCUT2D eigenvalue weighted by Gasteiger charge is 2.08. The highest BCUT2D eigenvalue weighted by atomic mass is 32.1. The first-order valence-electron chi connectivity index (χ1n) is 5.21. The molecule has 0 aliphatic heterocycles. The molecule has 2 heterocycles. The third-order valence-electron chi connectivity index (χ3n) is 2.65. The number of hydrazine groups is 1. The highest BCUT2D eigenvalue weighted by molar-refractivity contribution is 7.09. The number of rotatable bonds is 3. The van der Waals surface area contributed by atoms with Crippen molar-refractivity contribution in [2.75, 3.05) is 5.43 Å². The fourth-order valence-corrected chi connectivity index (χ4v) is 2.41. The SMILES string of the molecule is Cc1sc(=O)n(Cc2cccc(NN)n2)c1C. The third kappa shape index (κ3) is 2.37. The number of nitrogens with zero attached hydrogens (tertiary/aromatic N) is 2. The van der Waals surface area contributed by atoms with Gasteiger partial charge in [0.1, 0.15) is 5.82 Å². The maximum absolute atomic E-state index is 11.7. The van der Waals surface area contributed by atoms with Crippen LogP contribution in [-0.2, 0) is 6.54 Å². The van der Waals surface area contributed by atoms with E-state index in [-0.39, 0.29) is 4.87 Å². The summed E-state index contributed by atoms with van der Waals surface area (Å²) in [7, 11) is 0.